The van der Waals surface area contributed by atoms with Crippen LogP contribution in [0.1, 0.15) is 29.2 Å². The fraction of sp³-hybridized carbons (Fsp3) is 0.250. The van der Waals surface area contributed by atoms with Gasteiger partial charge in [0, 0.05) is 21.5 Å². The topological polar surface area (TPSA) is 134 Å². The van der Waals surface area contributed by atoms with E-state index in [1.807, 2.05) is 6.08 Å². The van der Waals surface area contributed by atoms with Crippen molar-refractivity contribution >= 4 is 50.6 Å². The molecule has 2 aromatic carbocycles. The van der Waals surface area contributed by atoms with Crippen LogP contribution in [-0.4, -0.2) is 46.5 Å². The highest BCUT2D eigenvalue weighted by molar-refractivity contribution is 7.18. The van der Waals surface area contributed by atoms with E-state index in [9.17, 15) is 18.0 Å². The molecule has 0 spiro atoms. The lowest BCUT2D eigenvalue weighted by Gasteiger charge is -2.26. The number of halogens is 4. The van der Waals surface area contributed by atoms with Crippen molar-refractivity contribution in [2.75, 3.05) is 18.9 Å². The number of nitrogens with two attached hydrogens (primary N) is 2. The van der Waals surface area contributed by atoms with Gasteiger partial charge >= 0.3 is 12.1 Å². The largest absolute Gasteiger partial charge is 0.480 e. The van der Waals surface area contributed by atoms with Crippen molar-refractivity contribution in [1.82, 2.24) is 9.97 Å². The molecule has 2 aromatic heterocycles. The second-order valence-electron chi connectivity index (χ2n) is 9.40. The number of carboxylic acid groups (broad SMARTS) is 1. The number of carbonyl (C=O) groups is 1. The zero-order chi connectivity index (χ0) is 29.3. The fourth-order valence-corrected chi connectivity index (χ4v) is 5.67. The molecule has 1 aliphatic heterocycles. The molecule has 0 saturated carbocycles. The van der Waals surface area contributed by atoms with Crippen molar-refractivity contribution in [2.45, 2.75) is 31.2 Å². The first kappa shape index (κ1) is 28.8. The minimum absolute atomic E-state index is 0.129. The molecule has 8 nitrogen and oxygen atoms in total. The van der Waals surface area contributed by atoms with Crippen LogP contribution < -0.4 is 16.2 Å². The Morgan fingerprint density at radius 1 is 1.17 bits per heavy atom. The number of rotatable bonds is 8. The Labute approximate surface area is 241 Å². The Morgan fingerprint density at radius 2 is 1.93 bits per heavy atom. The summed E-state index contributed by atoms with van der Waals surface area (Å²) in [5, 5.41) is 11.1. The summed E-state index contributed by atoms with van der Waals surface area (Å²) in [6.07, 6.45) is -4.65. The molecule has 0 saturated heterocycles. The van der Waals surface area contributed by atoms with Gasteiger partial charge in [-0.25, -0.2) is 4.98 Å². The highest BCUT2D eigenvalue weighted by atomic mass is 35.5. The van der Waals surface area contributed by atoms with Crippen LogP contribution in [0.5, 0.6) is 5.88 Å². The highest BCUT2D eigenvalue weighted by Gasteiger charge is 2.45. The van der Waals surface area contributed by atoms with E-state index in [-0.39, 0.29) is 45.7 Å². The van der Waals surface area contributed by atoms with Crippen molar-refractivity contribution in [1.29, 1.82) is 0 Å². The molecule has 0 amide bonds. The molecule has 13 heteroatoms. The van der Waals surface area contributed by atoms with E-state index in [1.54, 1.807) is 29.6 Å². The van der Waals surface area contributed by atoms with Gasteiger partial charge in [-0.3, -0.25) is 4.79 Å². The van der Waals surface area contributed by atoms with Crippen LogP contribution in [0, 0.1) is 0 Å². The summed E-state index contributed by atoms with van der Waals surface area (Å²) in [7, 11) is 0. The molecule has 1 aliphatic rings. The molecule has 0 aliphatic carbocycles. The number of anilines is 1. The summed E-state index contributed by atoms with van der Waals surface area (Å²) in [4.78, 5) is 19.4. The van der Waals surface area contributed by atoms with Crippen LogP contribution in [0.15, 0.2) is 53.9 Å². The molecule has 1 unspecified atom stereocenters. The van der Waals surface area contributed by atoms with Gasteiger partial charge in [0.1, 0.15) is 10.7 Å². The summed E-state index contributed by atoms with van der Waals surface area (Å²) in [6.45, 7) is 0.633. The number of alkyl halides is 3. The van der Waals surface area contributed by atoms with Gasteiger partial charge in [-0.05, 0) is 47.2 Å². The lowest BCUT2D eigenvalue weighted by Crippen LogP contribution is -2.32. The quantitative estimate of drug-likeness (QED) is 0.222. The maximum atomic E-state index is 14.6. The Morgan fingerprint density at radius 3 is 2.59 bits per heavy atom. The Kier molecular flexibility index (Phi) is 8.18. The van der Waals surface area contributed by atoms with Gasteiger partial charge < -0.3 is 26.0 Å². The fourth-order valence-electron chi connectivity index (χ4n) is 4.55. The minimum Gasteiger partial charge on any atom is -0.480 e. The van der Waals surface area contributed by atoms with E-state index in [4.69, 9.17) is 37.6 Å². The number of ether oxygens (including phenoxy) is 2. The normalized spacial score (nSPS) is 15.4. The second kappa shape index (κ2) is 11.6. The van der Waals surface area contributed by atoms with Gasteiger partial charge in [-0.1, -0.05) is 48.0 Å². The third-order valence-electron chi connectivity index (χ3n) is 6.52. The molecular formula is C28H24ClF3N4O4S. The number of fused-ring (bicyclic) bond motifs is 1. The molecule has 5 rings (SSSR count). The average Bonchev–Trinajstić information content (AvgIpc) is 3.36. The van der Waals surface area contributed by atoms with Gasteiger partial charge in [0.25, 0.3) is 0 Å². The molecule has 4 aromatic rings. The van der Waals surface area contributed by atoms with E-state index in [1.165, 1.54) is 18.2 Å². The Bertz CT molecular complexity index is 1630. The monoisotopic (exact) mass is 604 g/mol. The first-order chi connectivity index (χ1) is 19.5. The maximum Gasteiger partial charge on any atom is 0.429 e. The second-order valence-corrected chi connectivity index (χ2v) is 10.7. The first-order valence-electron chi connectivity index (χ1n) is 12.4. The predicted molar refractivity (Wildman–Crippen MR) is 151 cm³/mol. The molecule has 5 N–H and O–H groups in total. The number of hydrogen-bond acceptors (Lipinski definition) is 8. The maximum absolute atomic E-state index is 14.6. The number of hydrogen-bond donors (Lipinski definition) is 3. The van der Waals surface area contributed by atoms with E-state index >= 15 is 0 Å². The van der Waals surface area contributed by atoms with Crippen molar-refractivity contribution in [3.8, 4) is 17.0 Å². The number of thiophene rings is 1. The molecular weight excluding hydrogens is 581 g/mol. The Hall–Kier alpha value is -3.71. The summed E-state index contributed by atoms with van der Waals surface area (Å²) in [6, 6.07) is 10.1. The van der Waals surface area contributed by atoms with Crippen molar-refractivity contribution in [3.05, 3.63) is 75.6 Å². The number of aliphatic carboxylic acids is 1. The van der Waals surface area contributed by atoms with Crippen LogP contribution >= 0.6 is 22.9 Å². The number of nitrogen functional groups attached to an aromatic ring is 1. The standard InChI is InChI=1S/C28H24ClF3N4O4S/c29-17-7-8-18(19(11-17)16-2-1-9-39-12-16)24(28(30,31)32)40-25-23-22(35-27(34)36-25)20(13-41-23)15-5-3-14(4-6-15)10-21(33)26(37)38/h2-8,11,13,21,24H,1,9-10,12,33H2,(H,37,38)(H2,34,35,36)/t21?,24-/m1/s1. The van der Waals surface area contributed by atoms with Crippen LogP contribution in [0.4, 0.5) is 19.1 Å². The van der Waals surface area contributed by atoms with Gasteiger partial charge in [0.05, 0.1) is 18.7 Å². The third kappa shape index (κ3) is 6.30. The van der Waals surface area contributed by atoms with Crippen molar-refractivity contribution in [2.24, 2.45) is 5.73 Å². The molecule has 0 fully saturated rings. The minimum atomic E-state index is -4.81. The van der Waals surface area contributed by atoms with Crippen molar-refractivity contribution < 1.29 is 32.5 Å². The highest BCUT2D eigenvalue weighted by Crippen LogP contribution is 2.44. The van der Waals surface area contributed by atoms with Crippen LogP contribution in [0.3, 0.4) is 0 Å². The average molecular weight is 605 g/mol. The van der Waals surface area contributed by atoms with Gasteiger partial charge in [-0.2, -0.15) is 18.2 Å². The number of nitrogens with zero attached hydrogens (tertiary/aromatic N) is 2. The Balaban J connectivity index is 1.53. The zero-order valence-electron chi connectivity index (χ0n) is 21.3. The molecule has 0 radical (unpaired) electrons. The van der Waals surface area contributed by atoms with E-state index < -0.39 is 24.3 Å². The summed E-state index contributed by atoms with van der Waals surface area (Å²) in [5.74, 6) is -1.66. The van der Waals surface area contributed by atoms with Gasteiger partial charge in [-0.15, -0.1) is 11.3 Å². The molecule has 214 valence electrons. The number of carboxylic acids is 1. The summed E-state index contributed by atoms with van der Waals surface area (Å²) >= 11 is 7.29. The van der Waals surface area contributed by atoms with Crippen molar-refractivity contribution in [3.63, 3.8) is 0 Å². The summed E-state index contributed by atoms with van der Waals surface area (Å²) in [5.41, 5.74) is 14.7. The van der Waals surface area contributed by atoms with E-state index in [0.29, 0.717) is 40.8 Å². The van der Waals surface area contributed by atoms with Gasteiger partial charge in [0.15, 0.2) is 0 Å². The SMILES string of the molecule is Nc1nc(O[C@H](c2ccc(Cl)cc2C2=CCCOC2)C(F)(F)F)c2scc(-c3ccc(CC(N)C(=O)O)cc3)c2n1. The lowest BCUT2D eigenvalue weighted by molar-refractivity contribution is -0.198. The molecule has 41 heavy (non-hydrogen) atoms. The zero-order valence-corrected chi connectivity index (χ0v) is 22.9. The van der Waals surface area contributed by atoms with Crippen LogP contribution in [0.25, 0.3) is 26.9 Å². The van der Waals surface area contributed by atoms with E-state index in [2.05, 4.69) is 9.97 Å². The smallest absolute Gasteiger partial charge is 0.429 e. The molecule has 3 heterocycles. The van der Waals surface area contributed by atoms with Gasteiger partial charge in [0.2, 0.25) is 17.9 Å². The van der Waals surface area contributed by atoms with Crippen LogP contribution in [-0.2, 0) is 16.0 Å². The first-order valence-corrected chi connectivity index (χ1v) is 13.7. The number of benzene rings is 2. The molecule has 0 bridgehead atoms. The predicted octanol–water partition coefficient (Wildman–Crippen LogP) is 6.03. The molecule has 2 atom stereocenters. The lowest BCUT2D eigenvalue weighted by atomic mass is 9.94. The van der Waals surface area contributed by atoms with E-state index in [0.717, 1.165) is 11.3 Å². The number of aromatic nitrogens is 2. The van der Waals surface area contributed by atoms with Crippen LogP contribution in [0.2, 0.25) is 5.02 Å². The third-order valence-corrected chi connectivity index (χ3v) is 7.71. The summed E-state index contributed by atoms with van der Waals surface area (Å²) < 4.78 is 55.1.